The first-order chi connectivity index (χ1) is 11.1. The number of nitrogens with two attached hydrogens (primary N) is 1. The van der Waals surface area contributed by atoms with Crippen LogP contribution in [0.15, 0.2) is 72.8 Å². The van der Waals surface area contributed by atoms with Crippen LogP contribution in [0.5, 0.6) is 0 Å². The number of rotatable bonds is 4. The zero-order valence-electron chi connectivity index (χ0n) is 12.3. The molecule has 0 heterocycles. The van der Waals surface area contributed by atoms with Gasteiger partial charge in [-0.1, -0.05) is 24.3 Å². The van der Waals surface area contributed by atoms with E-state index in [9.17, 15) is 9.18 Å². The van der Waals surface area contributed by atoms with E-state index in [2.05, 4.69) is 5.32 Å². The van der Waals surface area contributed by atoms with Gasteiger partial charge in [-0.3, -0.25) is 4.79 Å². The molecule has 3 N–H and O–H groups in total. The quantitative estimate of drug-likeness (QED) is 0.555. The molecule has 0 saturated carbocycles. The van der Waals surface area contributed by atoms with Crippen molar-refractivity contribution in [3.8, 4) is 0 Å². The highest BCUT2D eigenvalue weighted by Crippen LogP contribution is 2.23. The third kappa shape index (κ3) is 3.21. The van der Waals surface area contributed by atoms with Crippen LogP contribution >= 0.6 is 0 Å². The number of nitrogens with one attached hydrogen (secondary N) is 1. The highest BCUT2D eigenvalue weighted by Gasteiger charge is 2.13. The normalized spacial score (nSPS) is 10.3. The van der Waals surface area contributed by atoms with Crippen molar-refractivity contribution in [2.75, 3.05) is 11.1 Å². The molecule has 23 heavy (non-hydrogen) atoms. The van der Waals surface area contributed by atoms with Crippen LogP contribution in [-0.2, 0) is 0 Å². The molecule has 0 amide bonds. The molecule has 0 atom stereocenters. The SMILES string of the molecule is Nc1ccccc1Nc1ccc(C(=O)c2ccccc2F)cc1. The van der Waals surface area contributed by atoms with Gasteiger partial charge in [-0.2, -0.15) is 0 Å². The van der Waals surface area contributed by atoms with E-state index in [0.717, 1.165) is 11.4 Å². The Morgan fingerprint density at radius 3 is 2.22 bits per heavy atom. The molecule has 0 spiro atoms. The lowest BCUT2D eigenvalue weighted by Gasteiger charge is -2.09. The molecule has 114 valence electrons. The molecule has 0 fully saturated rings. The van der Waals surface area contributed by atoms with E-state index in [1.807, 2.05) is 18.2 Å². The van der Waals surface area contributed by atoms with Crippen molar-refractivity contribution in [3.63, 3.8) is 0 Å². The summed E-state index contributed by atoms with van der Waals surface area (Å²) in [6, 6.07) is 20.2. The van der Waals surface area contributed by atoms with Gasteiger partial charge in [-0.15, -0.1) is 0 Å². The number of carbonyl (C=O) groups is 1. The average molecular weight is 306 g/mol. The second-order valence-corrected chi connectivity index (χ2v) is 5.10. The second kappa shape index (κ2) is 6.32. The number of ketones is 1. The molecule has 3 nitrogen and oxygen atoms in total. The van der Waals surface area contributed by atoms with Crippen LogP contribution in [-0.4, -0.2) is 5.78 Å². The number of carbonyl (C=O) groups excluding carboxylic acids is 1. The lowest BCUT2D eigenvalue weighted by molar-refractivity contribution is 0.103. The van der Waals surface area contributed by atoms with E-state index >= 15 is 0 Å². The molecule has 0 bridgehead atoms. The van der Waals surface area contributed by atoms with E-state index in [1.165, 1.54) is 12.1 Å². The summed E-state index contributed by atoms with van der Waals surface area (Å²) in [5.41, 5.74) is 8.61. The minimum atomic E-state index is -0.517. The summed E-state index contributed by atoms with van der Waals surface area (Å²) in [7, 11) is 0. The highest BCUT2D eigenvalue weighted by atomic mass is 19.1. The van der Waals surface area contributed by atoms with Gasteiger partial charge in [0.05, 0.1) is 16.9 Å². The number of hydrogen-bond acceptors (Lipinski definition) is 3. The number of anilines is 3. The summed E-state index contributed by atoms with van der Waals surface area (Å²) in [6.45, 7) is 0. The lowest BCUT2D eigenvalue weighted by atomic mass is 10.0. The van der Waals surface area contributed by atoms with Crippen LogP contribution in [0, 0.1) is 5.82 Å². The lowest BCUT2D eigenvalue weighted by Crippen LogP contribution is -2.04. The monoisotopic (exact) mass is 306 g/mol. The van der Waals surface area contributed by atoms with E-state index < -0.39 is 5.82 Å². The molecule has 0 aliphatic carbocycles. The van der Waals surface area contributed by atoms with E-state index in [-0.39, 0.29) is 11.3 Å². The molecule has 3 rings (SSSR count). The third-order valence-corrected chi connectivity index (χ3v) is 3.51. The van der Waals surface area contributed by atoms with Crippen molar-refractivity contribution >= 4 is 22.8 Å². The fourth-order valence-corrected chi connectivity index (χ4v) is 2.27. The van der Waals surface area contributed by atoms with Crippen molar-refractivity contribution in [2.24, 2.45) is 0 Å². The summed E-state index contributed by atoms with van der Waals surface area (Å²) < 4.78 is 13.7. The third-order valence-electron chi connectivity index (χ3n) is 3.51. The molecule has 3 aromatic rings. The molecular formula is C19H15FN2O. The van der Waals surface area contributed by atoms with Gasteiger partial charge < -0.3 is 11.1 Å². The van der Waals surface area contributed by atoms with Gasteiger partial charge in [0.15, 0.2) is 5.78 Å². The van der Waals surface area contributed by atoms with Crippen molar-refractivity contribution < 1.29 is 9.18 Å². The Morgan fingerprint density at radius 1 is 0.870 bits per heavy atom. The summed E-state index contributed by atoms with van der Waals surface area (Å²) in [5.74, 6) is -0.856. The molecule has 0 aromatic heterocycles. The zero-order chi connectivity index (χ0) is 16.2. The van der Waals surface area contributed by atoms with E-state index in [4.69, 9.17) is 5.73 Å². The molecule has 0 unspecified atom stereocenters. The van der Waals surface area contributed by atoms with Crippen molar-refractivity contribution in [1.29, 1.82) is 0 Å². The van der Waals surface area contributed by atoms with Crippen LogP contribution in [0.1, 0.15) is 15.9 Å². The van der Waals surface area contributed by atoms with E-state index in [1.54, 1.807) is 42.5 Å². The molecular weight excluding hydrogens is 291 g/mol. The average Bonchev–Trinajstić information content (AvgIpc) is 2.57. The van der Waals surface area contributed by atoms with Gasteiger partial charge >= 0.3 is 0 Å². The van der Waals surface area contributed by atoms with E-state index in [0.29, 0.717) is 11.3 Å². The Bertz CT molecular complexity index is 844. The topological polar surface area (TPSA) is 55.1 Å². The Kier molecular flexibility index (Phi) is 4.06. The molecule has 0 aliphatic heterocycles. The van der Waals surface area contributed by atoms with Gasteiger partial charge in [0.25, 0.3) is 0 Å². The molecule has 3 aromatic carbocycles. The van der Waals surface area contributed by atoms with Crippen LogP contribution in [0.3, 0.4) is 0 Å². The van der Waals surface area contributed by atoms with Gasteiger partial charge in [0, 0.05) is 11.3 Å². The summed E-state index contributed by atoms with van der Waals surface area (Å²) in [4.78, 5) is 12.3. The maximum atomic E-state index is 13.7. The standard InChI is InChI=1S/C19H15FN2O/c20-16-6-2-1-5-15(16)19(23)13-9-11-14(12-10-13)22-18-8-4-3-7-17(18)21/h1-12,22H,21H2. The number of para-hydroxylation sites is 2. The summed E-state index contributed by atoms with van der Waals surface area (Å²) in [6.07, 6.45) is 0. The predicted molar refractivity (Wildman–Crippen MR) is 90.4 cm³/mol. The zero-order valence-corrected chi connectivity index (χ0v) is 12.3. The number of hydrogen-bond donors (Lipinski definition) is 2. The first-order valence-corrected chi connectivity index (χ1v) is 7.16. The van der Waals surface area contributed by atoms with Crippen LogP contribution in [0.2, 0.25) is 0 Å². The van der Waals surface area contributed by atoms with Crippen molar-refractivity contribution in [3.05, 3.63) is 89.7 Å². The van der Waals surface area contributed by atoms with Crippen LogP contribution in [0.25, 0.3) is 0 Å². The first kappa shape index (κ1) is 14.8. The number of benzene rings is 3. The first-order valence-electron chi connectivity index (χ1n) is 7.16. The summed E-state index contributed by atoms with van der Waals surface area (Å²) >= 11 is 0. The highest BCUT2D eigenvalue weighted by molar-refractivity contribution is 6.09. The smallest absolute Gasteiger partial charge is 0.195 e. The number of nitrogen functional groups attached to an aromatic ring is 1. The van der Waals surface area contributed by atoms with Crippen molar-refractivity contribution in [1.82, 2.24) is 0 Å². The Hall–Kier alpha value is -3.14. The minimum absolute atomic E-state index is 0.0699. The number of halogens is 1. The maximum Gasteiger partial charge on any atom is 0.195 e. The maximum absolute atomic E-state index is 13.7. The Labute approximate surface area is 133 Å². The Morgan fingerprint density at radius 2 is 1.52 bits per heavy atom. The molecule has 0 saturated heterocycles. The van der Waals surface area contributed by atoms with Crippen LogP contribution < -0.4 is 11.1 Å². The summed E-state index contributed by atoms with van der Waals surface area (Å²) in [5, 5.41) is 3.18. The molecule has 4 heteroatoms. The van der Waals surface area contributed by atoms with Gasteiger partial charge in [0.2, 0.25) is 0 Å². The van der Waals surface area contributed by atoms with Crippen LogP contribution in [0.4, 0.5) is 21.5 Å². The second-order valence-electron chi connectivity index (χ2n) is 5.10. The minimum Gasteiger partial charge on any atom is -0.397 e. The van der Waals surface area contributed by atoms with Gasteiger partial charge in [-0.25, -0.2) is 4.39 Å². The fraction of sp³-hybridized carbons (Fsp3) is 0. The van der Waals surface area contributed by atoms with Crippen molar-refractivity contribution in [2.45, 2.75) is 0 Å². The molecule has 0 aliphatic rings. The fourth-order valence-electron chi connectivity index (χ4n) is 2.27. The Balaban J connectivity index is 1.81. The van der Waals surface area contributed by atoms with Gasteiger partial charge in [-0.05, 0) is 48.5 Å². The predicted octanol–water partition coefficient (Wildman–Crippen LogP) is 4.38. The van der Waals surface area contributed by atoms with Gasteiger partial charge in [0.1, 0.15) is 5.82 Å². The largest absolute Gasteiger partial charge is 0.397 e. The molecule has 0 radical (unpaired) electrons.